The molecule has 2 saturated heterocycles. The molecule has 2 aliphatic carbocycles. The fourth-order valence-corrected chi connectivity index (χ4v) is 8.48. The van der Waals surface area contributed by atoms with Gasteiger partial charge in [-0.3, -0.25) is 19.3 Å². The summed E-state index contributed by atoms with van der Waals surface area (Å²) in [7, 11) is 1.32. The van der Waals surface area contributed by atoms with E-state index in [2.05, 4.69) is 11.4 Å². The number of β-amino-alcohol motifs (C(OH)–C–C–N with tert-alkyl or cyclic N) is 1. The van der Waals surface area contributed by atoms with Crippen molar-refractivity contribution in [3.8, 4) is 0 Å². The van der Waals surface area contributed by atoms with Gasteiger partial charge in [-0.1, -0.05) is 30.7 Å². The minimum absolute atomic E-state index is 0.0530. The van der Waals surface area contributed by atoms with Gasteiger partial charge in [0.1, 0.15) is 18.0 Å². The Hall–Kier alpha value is -2.82. The van der Waals surface area contributed by atoms with Crippen molar-refractivity contribution in [3.63, 3.8) is 0 Å². The smallest absolute Gasteiger partial charge is 0.323 e. The molecule has 1 aromatic rings. The number of allylic oxidation sites excluding steroid dienone is 4. The number of aryl methyl sites for hydroxylation is 1. The predicted molar refractivity (Wildman–Crippen MR) is 171 cm³/mol. The second kappa shape index (κ2) is 14.5. The number of aliphatic hydroxyl groups is 1. The first-order valence-electron chi connectivity index (χ1n) is 16.5. The van der Waals surface area contributed by atoms with E-state index < -0.39 is 47.9 Å². The van der Waals surface area contributed by atoms with E-state index in [1.807, 2.05) is 29.7 Å². The number of hydrogen-bond donors (Lipinski definition) is 2. The van der Waals surface area contributed by atoms with Crippen molar-refractivity contribution in [2.24, 2.45) is 17.8 Å². The number of esters is 1. The van der Waals surface area contributed by atoms with Gasteiger partial charge in [-0.2, -0.15) is 0 Å². The van der Waals surface area contributed by atoms with Crippen molar-refractivity contribution in [3.05, 3.63) is 57.9 Å². The fourth-order valence-electron chi connectivity index (χ4n) is 8.30. The van der Waals surface area contributed by atoms with Gasteiger partial charge in [0.25, 0.3) is 0 Å². The summed E-state index contributed by atoms with van der Waals surface area (Å²) in [6.45, 7) is 6.80. The molecule has 3 fully saturated rings. The maximum atomic E-state index is 15.3. The number of ether oxygens (including phenoxy) is 1. The highest BCUT2D eigenvalue weighted by atomic mass is 35.5. The van der Waals surface area contributed by atoms with Crippen molar-refractivity contribution < 1.29 is 33.0 Å². The normalized spacial score (nSPS) is 31.1. The lowest BCUT2D eigenvalue weighted by molar-refractivity contribution is -0.146. The number of likely N-dealkylation sites (tertiary alicyclic amines) is 2. The molecule has 5 rings (SSSR count). The molecule has 2 amide bonds. The number of aliphatic hydroxyl groups excluding tert-OH is 1. The molecular weight excluding hydrogens is 616 g/mol. The topological polar surface area (TPSA) is 99.2 Å². The van der Waals surface area contributed by atoms with Gasteiger partial charge in [0.15, 0.2) is 0 Å². The van der Waals surface area contributed by atoms with Gasteiger partial charge in [0.2, 0.25) is 11.8 Å². The Labute approximate surface area is 275 Å². The zero-order valence-electron chi connectivity index (χ0n) is 27.1. The van der Waals surface area contributed by atoms with Crippen molar-refractivity contribution in [1.82, 2.24) is 15.1 Å². The summed E-state index contributed by atoms with van der Waals surface area (Å²) in [5, 5.41) is 14.2. The number of rotatable bonds is 8. The molecule has 3 unspecified atom stereocenters. The van der Waals surface area contributed by atoms with E-state index in [0.29, 0.717) is 43.8 Å². The molecule has 1 saturated carbocycles. The lowest BCUT2D eigenvalue weighted by Crippen LogP contribution is -2.44. The third kappa shape index (κ3) is 7.19. The zero-order valence-corrected chi connectivity index (χ0v) is 27.8. The first-order valence-corrected chi connectivity index (χ1v) is 16.9. The molecule has 2 heterocycles. The van der Waals surface area contributed by atoms with Crippen LogP contribution in [0.1, 0.15) is 81.0 Å². The van der Waals surface area contributed by atoms with Crippen molar-refractivity contribution in [1.29, 1.82) is 0 Å². The molecule has 252 valence electrons. The van der Waals surface area contributed by atoms with Crippen LogP contribution in [-0.2, 0) is 19.1 Å². The van der Waals surface area contributed by atoms with Gasteiger partial charge in [-0.05, 0) is 85.8 Å². The highest BCUT2D eigenvalue weighted by Gasteiger charge is 2.51. The molecule has 8 atom stereocenters. The number of amides is 2. The SMILES string of the molecule is CC[C@H](NC(C)=O)c1cc(C)c(Cl)cc1C1CCN(C(=O)[C@@H]2CC(N3C[C@H](O)C[C@@H]3C(=O)OC)C[C@H]2C2C=CC(F)=CC2F)CC1. The first-order chi connectivity index (χ1) is 21.9. The lowest BCUT2D eigenvalue weighted by Gasteiger charge is -2.37. The fraction of sp³-hybridized carbons (Fsp3) is 0.629. The molecule has 46 heavy (non-hydrogen) atoms. The van der Waals surface area contributed by atoms with Crippen LogP contribution >= 0.6 is 11.6 Å². The molecule has 0 aromatic heterocycles. The van der Waals surface area contributed by atoms with E-state index in [1.54, 1.807) is 0 Å². The number of nitrogens with one attached hydrogen (secondary N) is 1. The van der Waals surface area contributed by atoms with Crippen LogP contribution < -0.4 is 5.32 Å². The quantitative estimate of drug-likeness (QED) is 0.366. The average Bonchev–Trinajstić information content (AvgIpc) is 3.64. The van der Waals surface area contributed by atoms with E-state index in [-0.39, 0.29) is 42.8 Å². The molecule has 0 radical (unpaired) electrons. The van der Waals surface area contributed by atoms with E-state index in [9.17, 15) is 23.9 Å². The minimum atomic E-state index is -1.56. The molecule has 8 nitrogen and oxygen atoms in total. The summed E-state index contributed by atoms with van der Waals surface area (Å²) < 4.78 is 34.2. The van der Waals surface area contributed by atoms with Crippen LogP contribution in [0.4, 0.5) is 8.78 Å². The number of hydrogen-bond acceptors (Lipinski definition) is 6. The number of methoxy groups -OCH3 is 1. The van der Waals surface area contributed by atoms with Crippen LogP contribution in [0.25, 0.3) is 0 Å². The van der Waals surface area contributed by atoms with Crippen molar-refractivity contribution in [2.45, 2.75) is 95.6 Å². The van der Waals surface area contributed by atoms with Crippen LogP contribution in [-0.4, -0.2) is 83.8 Å². The maximum Gasteiger partial charge on any atom is 0.323 e. The van der Waals surface area contributed by atoms with Crippen LogP contribution in [0.15, 0.2) is 36.2 Å². The average molecular weight is 662 g/mol. The van der Waals surface area contributed by atoms with E-state index in [4.69, 9.17) is 16.3 Å². The third-order valence-electron chi connectivity index (χ3n) is 10.6. The van der Waals surface area contributed by atoms with Gasteiger partial charge in [-0.25, -0.2) is 8.78 Å². The minimum Gasteiger partial charge on any atom is -0.468 e. The largest absolute Gasteiger partial charge is 0.468 e. The van der Waals surface area contributed by atoms with Gasteiger partial charge in [0, 0.05) is 55.9 Å². The summed E-state index contributed by atoms with van der Waals surface area (Å²) in [5.74, 6) is -2.66. The van der Waals surface area contributed by atoms with Crippen molar-refractivity contribution in [2.75, 3.05) is 26.7 Å². The third-order valence-corrected chi connectivity index (χ3v) is 11.0. The number of alkyl halides is 1. The van der Waals surface area contributed by atoms with Gasteiger partial charge < -0.3 is 20.1 Å². The monoisotopic (exact) mass is 661 g/mol. The second-order valence-electron chi connectivity index (χ2n) is 13.4. The number of piperidine rings is 1. The van der Waals surface area contributed by atoms with Gasteiger partial charge >= 0.3 is 5.97 Å². The Morgan fingerprint density at radius 2 is 1.89 bits per heavy atom. The summed E-state index contributed by atoms with van der Waals surface area (Å²) in [6.07, 6.45) is 4.78. The first kappa shape index (κ1) is 34.5. The predicted octanol–water partition coefficient (Wildman–Crippen LogP) is 5.32. The Bertz CT molecular complexity index is 1380. The van der Waals surface area contributed by atoms with Gasteiger partial charge in [-0.15, -0.1) is 0 Å². The van der Waals surface area contributed by atoms with E-state index in [1.165, 1.54) is 26.2 Å². The summed E-state index contributed by atoms with van der Waals surface area (Å²) >= 11 is 6.59. The second-order valence-corrected chi connectivity index (χ2v) is 13.9. The number of nitrogens with zero attached hydrogens (tertiary/aromatic N) is 2. The number of benzene rings is 1. The number of carbonyl (C=O) groups is 3. The number of halogens is 3. The molecule has 0 spiro atoms. The van der Waals surface area contributed by atoms with Crippen LogP contribution in [0.2, 0.25) is 5.02 Å². The lowest BCUT2D eigenvalue weighted by atomic mass is 9.78. The summed E-state index contributed by atoms with van der Waals surface area (Å²) in [4.78, 5) is 42.6. The van der Waals surface area contributed by atoms with Crippen LogP contribution in [0.5, 0.6) is 0 Å². The molecule has 11 heteroatoms. The van der Waals surface area contributed by atoms with Crippen molar-refractivity contribution >= 4 is 29.4 Å². The van der Waals surface area contributed by atoms with Crippen LogP contribution in [0.3, 0.4) is 0 Å². The standard InChI is InChI=1S/C35H46ClF2N3O5/c1-5-32(39-20(3)42)28-12-19(2)30(36)17-26(28)21-8-10-40(11-9-21)34(44)29-15-23(41-18-24(43)16-33(41)35(45)46-4)14-27(29)25-7-6-22(37)13-31(25)38/h6-7,12-13,17,21,23-25,27,29,31-33,43H,5,8-11,14-16,18H2,1-4H3,(H,39,42)/t23?,24-,25?,27+,29-,31?,32+,33-/m1/s1. The maximum absolute atomic E-state index is 15.3. The molecule has 2 aliphatic heterocycles. The molecule has 2 N–H and O–H groups in total. The highest BCUT2D eigenvalue weighted by Crippen LogP contribution is 2.46. The molecule has 4 aliphatic rings. The zero-order chi connectivity index (χ0) is 33.3. The Morgan fingerprint density at radius 3 is 2.52 bits per heavy atom. The molecular formula is C35H46ClF2N3O5. The Morgan fingerprint density at radius 1 is 1.17 bits per heavy atom. The molecule has 0 bridgehead atoms. The highest BCUT2D eigenvalue weighted by molar-refractivity contribution is 6.31. The van der Waals surface area contributed by atoms with Gasteiger partial charge in [0.05, 0.1) is 19.3 Å². The van der Waals surface area contributed by atoms with E-state index in [0.717, 1.165) is 29.2 Å². The Kier molecular flexibility index (Phi) is 10.9. The van der Waals surface area contributed by atoms with Crippen LogP contribution in [0, 0.1) is 24.7 Å². The summed E-state index contributed by atoms with van der Waals surface area (Å²) in [5.41, 5.74) is 3.08. The number of carbonyl (C=O) groups excluding carboxylic acids is 3. The molecule has 1 aromatic carbocycles. The van der Waals surface area contributed by atoms with E-state index >= 15 is 4.39 Å². The summed E-state index contributed by atoms with van der Waals surface area (Å²) in [6, 6.07) is 3.05. The Balaban J connectivity index is 1.35.